The number of nitrogens with two attached hydrogens (primary N) is 1. The third kappa shape index (κ3) is 2.85. The maximum atomic E-state index is 8.31. The molecule has 3 heteroatoms. The summed E-state index contributed by atoms with van der Waals surface area (Å²) in [6, 6.07) is 9.79. The SMILES string of the molecule is N#CCCSc1cccc(N)c1. The molecule has 0 spiro atoms. The van der Waals surface area contributed by atoms with Crippen molar-refractivity contribution >= 4 is 17.4 Å². The zero-order valence-electron chi connectivity index (χ0n) is 6.66. The van der Waals surface area contributed by atoms with Gasteiger partial charge in [0.25, 0.3) is 0 Å². The summed E-state index contributed by atoms with van der Waals surface area (Å²) in [5, 5.41) is 8.31. The van der Waals surface area contributed by atoms with E-state index in [1.165, 1.54) is 0 Å². The summed E-state index contributed by atoms with van der Waals surface area (Å²) in [5.41, 5.74) is 6.36. The maximum Gasteiger partial charge on any atom is 0.0630 e. The summed E-state index contributed by atoms with van der Waals surface area (Å²) >= 11 is 1.66. The highest BCUT2D eigenvalue weighted by Gasteiger charge is 1.93. The van der Waals surface area contributed by atoms with Crippen LogP contribution < -0.4 is 5.73 Å². The van der Waals surface area contributed by atoms with E-state index in [1.54, 1.807) is 11.8 Å². The number of rotatable bonds is 3. The Balaban J connectivity index is 2.48. The summed E-state index contributed by atoms with van der Waals surface area (Å²) in [5.74, 6) is 0.833. The molecular weight excluding hydrogens is 168 g/mol. The average Bonchev–Trinajstić information content (AvgIpc) is 2.05. The van der Waals surface area contributed by atoms with Gasteiger partial charge in [-0.3, -0.25) is 0 Å². The normalized spacial score (nSPS) is 9.25. The summed E-state index contributed by atoms with van der Waals surface area (Å²) in [4.78, 5) is 1.13. The monoisotopic (exact) mass is 178 g/mol. The van der Waals surface area contributed by atoms with Crippen molar-refractivity contribution in [2.75, 3.05) is 11.5 Å². The van der Waals surface area contributed by atoms with E-state index in [9.17, 15) is 0 Å². The lowest BCUT2D eigenvalue weighted by Gasteiger charge is -1.98. The van der Waals surface area contributed by atoms with Gasteiger partial charge in [0.15, 0.2) is 0 Å². The van der Waals surface area contributed by atoms with Crippen LogP contribution >= 0.6 is 11.8 Å². The fourth-order valence-corrected chi connectivity index (χ4v) is 1.64. The summed E-state index contributed by atoms with van der Waals surface area (Å²) in [6.45, 7) is 0. The second-order valence-electron chi connectivity index (χ2n) is 2.33. The first-order chi connectivity index (χ1) is 5.83. The molecule has 12 heavy (non-hydrogen) atoms. The van der Waals surface area contributed by atoms with Crippen molar-refractivity contribution in [1.82, 2.24) is 0 Å². The van der Waals surface area contributed by atoms with Crippen LogP contribution in [-0.4, -0.2) is 5.75 Å². The van der Waals surface area contributed by atoms with Crippen molar-refractivity contribution < 1.29 is 0 Å². The first-order valence-electron chi connectivity index (χ1n) is 3.68. The minimum atomic E-state index is 0.583. The maximum absolute atomic E-state index is 8.31. The third-order valence-electron chi connectivity index (χ3n) is 1.34. The molecule has 0 heterocycles. The predicted molar refractivity (Wildman–Crippen MR) is 51.8 cm³/mol. The Bertz CT molecular complexity index is 291. The zero-order chi connectivity index (χ0) is 8.81. The molecule has 0 saturated carbocycles. The van der Waals surface area contributed by atoms with Crippen LogP contribution in [-0.2, 0) is 0 Å². The number of hydrogen-bond donors (Lipinski definition) is 1. The molecule has 62 valence electrons. The van der Waals surface area contributed by atoms with E-state index in [0.717, 1.165) is 16.3 Å². The molecule has 0 aliphatic heterocycles. The van der Waals surface area contributed by atoms with Crippen LogP contribution in [0.3, 0.4) is 0 Å². The summed E-state index contributed by atoms with van der Waals surface area (Å²) in [7, 11) is 0. The second-order valence-corrected chi connectivity index (χ2v) is 3.50. The molecule has 1 aromatic carbocycles. The van der Waals surface area contributed by atoms with Crippen LogP contribution in [0.25, 0.3) is 0 Å². The van der Waals surface area contributed by atoms with Gasteiger partial charge in [0.05, 0.1) is 6.07 Å². The molecular formula is C9H10N2S. The standard InChI is InChI=1S/C9H10N2S/c10-5-2-6-12-9-4-1-3-8(11)7-9/h1,3-4,7H,2,6,11H2. The number of nitrogens with zero attached hydrogens (tertiary/aromatic N) is 1. The van der Waals surface area contributed by atoms with Crippen LogP contribution in [0.5, 0.6) is 0 Å². The smallest absolute Gasteiger partial charge is 0.0630 e. The number of nitrogen functional groups attached to an aromatic ring is 1. The largest absolute Gasteiger partial charge is 0.399 e. The van der Waals surface area contributed by atoms with Crippen molar-refractivity contribution in [1.29, 1.82) is 5.26 Å². The van der Waals surface area contributed by atoms with Gasteiger partial charge in [-0.25, -0.2) is 0 Å². The first-order valence-corrected chi connectivity index (χ1v) is 4.67. The highest BCUT2D eigenvalue weighted by atomic mass is 32.2. The Labute approximate surface area is 76.4 Å². The van der Waals surface area contributed by atoms with Crippen molar-refractivity contribution in [2.45, 2.75) is 11.3 Å². The molecule has 0 unspecified atom stereocenters. The molecule has 0 bridgehead atoms. The van der Waals surface area contributed by atoms with Crippen LogP contribution in [0.4, 0.5) is 5.69 Å². The van der Waals surface area contributed by atoms with E-state index >= 15 is 0 Å². The second kappa shape index (κ2) is 4.68. The molecule has 0 fully saturated rings. The van der Waals surface area contributed by atoms with Crippen LogP contribution in [0.15, 0.2) is 29.2 Å². The molecule has 0 aliphatic carbocycles. The molecule has 2 N–H and O–H groups in total. The van der Waals surface area contributed by atoms with Gasteiger partial charge in [0, 0.05) is 22.8 Å². The van der Waals surface area contributed by atoms with Crippen LogP contribution in [0, 0.1) is 11.3 Å². The molecule has 1 aromatic rings. The number of nitriles is 1. The highest BCUT2D eigenvalue weighted by Crippen LogP contribution is 2.20. The number of anilines is 1. The molecule has 0 amide bonds. The Morgan fingerprint density at radius 3 is 3.00 bits per heavy atom. The summed E-state index contributed by atoms with van der Waals surface area (Å²) < 4.78 is 0. The number of thioether (sulfide) groups is 1. The van der Waals surface area contributed by atoms with Gasteiger partial charge >= 0.3 is 0 Å². The molecule has 0 atom stereocenters. The quantitative estimate of drug-likeness (QED) is 0.439. The zero-order valence-corrected chi connectivity index (χ0v) is 7.47. The van der Waals surface area contributed by atoms with Crippen molar-refractivity contribution in [3.05, 3.63) is 24.3 Å². The van der Waals surface area contributed by atoms with E-state index < -0.39 is 0 Å². The van der Waals surface area contributed by atoms with E-state index in [0.29, 0.717) is 6.42 Å². The topological polar surface area (TPSA) is 49.8 Å². The Kier molecular flexibility index (Phi) is 3.49. The van der Waals surface area contributed by atoms with Gasteiger partial charge in [-0.1, -0.05) is 6.07 Å². The first kappa shape index (κ1) is 8.95. The highest BCUT2D eigenvalue weighted by molar-refractivity contribution is 7.99. The average molecular weight is 178 g/mol. The molecule has 0 aromatic heterocycles. The Morgan fingerprint density at radius 1 is 1.50 bits per heavy atom. The molecule has 2 nitrogen and oxygen atoms in total. The van der Waals surface area contributed by atoms with Gasteiger partial charge < -0.3 is 5.73 Å². The van der Waals surface area contributed by atoms with E-state index in [2.05, 4.69) is 6.07 Å². The lowest BCUT2D eigenvalue weighted by molar-refractivity contribution is 1.23. The van der Waals surface area contributed by atoms with E-state index in [1.807, 2.05) is 24.3 Å². The lowest BCUT2D eigenvalue weighted by Crippen LogP contribution is -1.84. The predicted octanol–water partition coefficient (Wildman–Crippen LogP) is 2.27. The Hall–Kier alpha value is -1.14. The fourth-order valence-electron chi connectivity index (χ4n) is 0.819. The van der Waals surface area contributed by atoms with Gasteiger partial charge in [0.2, 0.25) is 0 Å². The van der Waals surface area contributed by atoms with E-state index in [-0.39, 0.29) is 0 Å². The molecule has 0 radical (unpaired) electrons. The fraction of sp³-hybridized carbons (Fsp3) is 0.222. The molecule has 0 saturated heterocycles. The van der Waals surface area contributed by atoms with Gasteiger partial charge in [0.1, 0.15) is 0 Å². The third-order valence-corrected chi connectivity index (χ3v) is 2.34. The minimum Gasteiger partial charge on any atom is -0.399 e. The van der Waals surface area contributed by atoms with Crippen molar-refractivity contribution in [3.63, 3.8) is 0 Å². The molecule has 0 aliphatic rings. The van der Waals surface area contributed by atoms with Gasteiger partial charge in [-0.15, -0.1) is 11.8 Å². The van der Waals surface area contributed by atoms with Gasteiger partial charge in [-0.05, 0) is 18.2 Å². The van der Waals surface area contributed by atoms with Crippen molar-refractivity contribution in [3.8, 4) is 6.07 Å². The Morgan fingerprint density at radius 2 is 2.33 bits per heavy atom. The van der Waals surface area contributed by atoms with Crippen LogP contribution in [0.1, 0.15) is 6.42 Å². The van der Waals surface area contributed by atoms with Crippen molar-refractivity contribution in [2.24, 2.45) is 0 Å². The van der Waals surface area contributed by atoms with E-state index in [4.69, 9.17) is 11.0 Å². The van der Waals surface area contributed by atoms with Crippen LogP contribution in [0.2, 0.25) is 0 Å². The molecule has 1 rings (SSSR count). The number of hydrogen-bond acceptors (Lipinski definition) is 3. The number of benzene rings is 1. The summed E-state index contributed by atoms with van der Waals surface area (Å²) in [6.07, 6.45) is 0.583. The van der Waals surface area contributed by atoms with Gasteiger partial charge in [-0.2, -0.15) is 5.26 Å². The minimum absolute atomic E-state index is 0.583. The lowest BCUT2D eigenvalue weighted by atomic mass is 10.3.